The minimum atomic E-state index is -0.742. The summed E-state index contributed by atoms with van der Waals surface area (Å²) < 4.78 is 27.0. The molecule has 6 heteroatoms. The van der Waals surface area contributed by atoms with E-state index in [1.165, 1.54) is 0 Å². The predicted octanol–water partition coefficient (Wildman–Crippen LogP) is 3.45. The van der Waals surface area contributed by atoms with E-state index >= 15 is 0 Å². The Hall–Kier alpha value is -2.89. The summed E-state index contributed by atoms with van der Waals surface area (Å²) >= 11 is 0. The summed E-state index contributed by atoms with van der Waals surface area (Å²) in [5, 5.41) is 1.82. The van der Waals surface area contributed by atoms with Gasteiger partial charge in [0.2, 0.25) is 5.95 Å². The fraction of sp³-hybridized carbons (Fsp3) is 0. The number of H-pyrrole nitrogens is 1. The molecule has 1 N–H and O–H groups in total. The van der Waals surface area contributed by atoms with E-state index < -0.39 is 11.8 Å². The number of aromatic amines is 1. The van der Waals surface area contributed by atoms with Crippen LogP contribution in [0.1, 0.15) is 0 Å². The van der Waals surface area contributed by atoms with Crippen LogP contribution in [0.3, 0.4) is 0 Å². The first-order valence-corrected chi connectivity index (χ1v) is 6.26. The summed E-state index contributed by atoms with van der Waals surface area (Å²) in [6.07, 6.45) is 4.27. The first-order valence-electron chi connectivity index (χ1n) is 6.26. The average Bonchev–Trinajstić information content (AvgIpc) is 2.87. The van der Waals surface area contributed by atoms with Gasteiger partial charge >= 0.3 is 0 Å². The Morgan fingerprint density at radius 1 is 1.00 bits per heavy atom. The van der Waals surface area contributed by atoms with Gasteiger partial charge in [-0.25, -0.2) is 14.4 Å². The zero-order chi connectivity index (χ0) is 14.4. The van der Waals surface area contributed by atoms with Crippen molar-refractivity contribution >= 4 is 21.9 Å². The summed E-state index contributed by atoms with van der Waals surface area (Å²) in [5.74, 6) is -1.35. The first kappa shape index (κ1) is 11.9. The van der Waals surface area contributed by atoms with E-state index in [-0.39, 0.29) is 5.56 Å². The third-order valence-electron chi connectivity index (χ3n) is 3.36. The Morgan fingerprint density at radius 2 is 1.90 bits per heavy atom. The second-order valence-corrected chi connectivity index (χ2v) is 4.63. The fourth-order valence-corrected chi connectivity index (χ4v) is 2.38. The molecule has 0 bridgehead atoms. The summed E-state index contributed by atoms with van der Waals surface area (Å²) in [5.41, 5.74) is 1.93. The van der Waals surface area contributed by atoms with Gasteiger partial charge in [-0.05, 0) is 18.2 Å². The third kappa shape index (κ3) is 1.84. The number of hydrogen-bond donors (Lipinski definition) is 1. The molecule has 0 aliphatic carbocycles. The summed E-state index contributed by atoms with van der Waals surface area (Å²) in [7, 11) is 0. The predicted molar refractivity (Wildman–Crippen MR) is 74.5 cm³/mol. The summed E-state index contributed by atoms with van der Waals surface area (Å²) in [6, 6.07) is 6.34. The fourth-order valence-electron chi connectivity index (χ4n) is 2.38. The standard InChI is InChI=1S/C15H8F2N4/c16-11-7-19-14(17)5-9(11)12-2-1-8-10-6-18-4-3-13(10)21-15(8)20-12/h1-7H,(H,20,21)/i16-1. The molecule has 0 aromatic carbocycles. The van der Waals surface area contributed by atoms with Crippen LogP contribution in [0.25, 0.3) is 33.2 Å². The molecule has 0 radical (unpaired) electrons. The van der Waals surface area contributed by atoms with Crippen molar-refractivity contribution in [1.29, 1.82) is 0 Å². The third-order valence-corrected chi connectivity index (χ3v) is 3.36. The molecule has 4 heterocycles. The lowest BCUT2D eigenvalue weighted by atomic mass is 10.1. The van der Waals surface area contributed by atoms with Crippen LogP contribution in [-0.2, 0) is 0 Å². The average molecular weight is 281 g/mol. The second kappa shape index (κ2) is 4.31. The summed E-state index contributed by atoms with van der Waals surface area (Å²) in [4.78, 5) is 14.9. The van der Waals surface area contributed by atoms with Crippen molar-refractivity contribution < 1.29 is 8.78 Å². The molecule has 4 aromatic heterocycles. The molecule has 4 aromatic rings. The molecular weight excluding hydrogens is 273 g/mol. The quantitative estimate of drug-likeness (QED) is 0.544. The normalized spacial score (nSPS) is 11.3. The van der Waals surface area contributed by atoms with E-state index in [9.17, 15) is 8.78 Å². The molecule has 0 fully saturated rings. The molecule has 4 nitrogen and oxygen atoms in total. The lowest BCUT2D eigenvalue weighted by molar-refractivity contribution is 0.562. The van der Waals surface area contributed by atoms with Gasteiger partial charge in [0, 0.05) is 34.8 Å². The highest BCUT2D eigenvalue weighted by Gasteiger charge is 2.11. The minimum Gasteiger partial charge on any atom is -0.339 e. The van der Waals surface area contributed by atoms with Gasteiger partial charge in [-0.2, -0.15) is 4.39 Å². The molecule has 0 unspecified atom stereocenters. The van der Waals surface area contributed by atoms with Gasteiger partial charge in [0.25, 0.3) is 0 Å². The molecule has 0 atom stereocenters. The molecule has 102 valence electrons. The van der Waals surface area contributed by atoms with Gasteiger partial charge in [-0.1, -0.05) is 0 Å². The van der Waals surface area contributed by atoms with E-state index in [1.54, 1.807) is 18.5 Å². The number of aromatic nitrogens is 4. The van der Waals surface area contributed by atoms with Gasteiger partial charge in [0.05, 0.1) is 17.4 Å². The largest absolute Gasteiger partial charge is 0.339 e. The van der Waals surface area contributed by atoms with Gasteiger partial charge < -0.3 is 4.98 Å². The maximum absolute atomic E-state index is 13.8. The number of hydrogen-bond acceptors (Lipinski definition) is 3. The van der Waals surface area contributed by atoms with Crippen molar-refractivity contribution in [2.75, 3.05) is 0 Å². The Balaban J connectivity index is 1.98. The Kier molecular flexibility index (Phi) is 2.44. The lowest BCUT2D eigenvalue weighted by Crippen LogP contribution is -1.92. The van der Waals surface area contributed by atoms with Gasteiger partial charge in [0.1, 0.15) is 5.65 Å². The molecule has 21 heavy (non-hydrogen) atoms. The van der Waals surface area contributed by atoms with Crippen molar-refractivity contribution in [2.45, 2.75) is 0 Å². The number of rotatable bonds is 1. The summed E-state index contributed by atoms with van der Waals surface area (Å²) in [6.45, 7) is 0. The van der Waals surface area contributed by atoms with Crippen LogP contribution in [0.15, 0.2) is 42.9 Å². The van der Waals surface area contributed by atoms with Crippen molar-refractivity contribution in [3.8, 4) is 11.3 Å². The van der Waals surface area contributed by atoms with Gasteiger partial charge in [-0.15, -0.1) is 0 Å². The molecule has 0 saturated heterocycles. The van der Waals surface area contributed by atoms with Crippen LogP contribution in [0.4, 0.5) is 8.78 Å². The lowest BCUT2D eigenvalue weighted by Gasteiger charge is -2.02. The molecule has 0 aliphatic rings. The highest BCUT2D eigenvalue weighted by Crippen LogP contribution is 2.27. The maximum Gasteiger partial charge on any atom is 0.213 e. The van der Waals surface area contributed by atoms with Crippen molar-refractivity contribution in [1.82, 2.24) is 19.9 Å². The van der Waals surface area contributed by atoms with E-state index in [0.717, 1.165) is 28.6 Å². The van der Waals surface area contributed by atoms with Crippen molar-refractivity contribution in [3.63, 3.8) is 0 Å². The highest BCUT2D eigenvalue weighted by atomic mass is 19.1. The van der Waals surface area contributed by atoms with Crippen molar-refractivity contribution in [3.05, 3.63) is 54.6 Å². The number of pyridine rings is 3. The minimum absolute atomic E-state index is 0.0844. The maximum atomic E-state index is 13.8. The van der Waals surface area contributed by atoms with Crippen LogP contribution in [0, 0.1) is 11.8 Å². The van der Waals surface area contributed by atoms with Crippen molar-refractivity contribution in [2.24, 2.45) is 0 Å². The second-order valence-electron chi connectivity index (χ2n) is 4.63. The van der Waals surface area contributed by atoms with E-state index in [4.69, 9.17) is 0 Å². The molecule has 0 saturated carbocycles. The Bertz CT molecular complexity index is 978. The molecule has 4 rings (SSSR count). The topological polar surface area (TPSA) is 54.5 Å². The van der Waals surface area contributed by atoms with Crippen LogP contribution >= 0.6 is 0 Å². The van der Waals surface area contributed by atoms with Crippen LogP contribution < -0.4 is 0 Å². The van der Waals surface area contributed by atoms with E-state index in [2.05, 4.69) is 19.9 Å². The smallest absolute Gasteiger partial charge is 0.213 e. The monoisotopic (exact) mass is 281 g/mol. The van der Waals surface area contributed by atoms with Gasteiger partial charge in [-0.3, -0.25) is 4.98 Å². The zero-order valence-electron chi connectivity index (χ0n) is 10.6. The number of halogens is 2. The Morgan fingerprint density at radius 3 is 2.81 bits per heavy atom. The number of nitrogens with one attached hydrogen (secondary N) is 1. The van der Waals surface area contributed by atoms with Gasteiger partial charge in [0.15, 0.2) is 5.82 Å². The molecular formula is C15H8F2N4. The molecule has 0 spiro atoms. The van der Waals surface area contributed by atoms with Crippen LogP contribution in [-0.4, -0.2) is 19.9 Å². The Labute approximate surface area is 117 Å². The number of fused-ring (bicyclic) bond motifs is 3. The first-order chi connectivity index (χ1) is 10.2. The van der Waals surface area contributed by atoms with Crippen LogP contribution in [0.2, 0.25) is 0 Å². The van der Waals surface area contributed by atoms with E-state index in [1.807, 2.05) is 12.1 Å². The number of nitrogens with zero attached hydrogens (tertiary/aromatic N) is 3. The zero-order valence-corrected chi connectivity index (χ0v) is 10.6. The van der Waals surface area contributed by atoms with Crippen LogP contribution in [0.5, 0.6) is 0 Å². The SMILES string of the molecule is Fc1cc(-c2ccc3c(n2)[nH]c2ccncc23)c([18F])cn1. The molecule has 0 amide bonds. The van der Waals surface area contributed by atoms with E-state index in [0.29, 0.717) is 11.3 Å². The molecule has 0 aliphatic heterocycles. The highest BCUT2D eigenvalue weighted by molar-refractivity contribution is 6.05.